The molecule has 2 aromatic rings. The molecule has 1 fully saturated rings. The number of rotatable bonds is 4. The first-order valence-corrected chi connectivity index (χ1v) is 13.0. The topological polar surface area (TPSA) is 137 Å². The summed E-state index contributed by atoms with van der Waals surface area (Å²) in [6, 6.07) is 6.53. The van der Waals surface area contributed by atoms with Gasteiger partial charge in [0.1, 0.15) is 5.82 Å². The van der Waals surface area contributed by atoms with Crippen LogP contribution < -0.4 is 20.3 Å². The number of aliphatic hydroxyl groups is 1. The first-order valence-electron chi connectivity index (χ1n) is 11.3. The van der Waals surface area contributed by atoms with Crippen molar-refractivity contribution in [3.05, 3.63) is 36.0 Å². The molecule has 10 nitrogen and oxygen atoms in total. The minimum atomic E-state index is -3.68. The van der Waals surface area contributed by atoms with Crippen LogP contribution in [-0.2, 0) is 10.0 Å². The van der Waals surface area contributed by atoms with E-state index in [9.17, 15) is 13.2 Å². The Kier molecular flexibility index (Phi) is 7.29. The van der Waals surface area contributed by atoms with Crippen molar-refractivity contribution in [2.45, 2.75) is 32.1 Å². The van der Waals surface area contributed by atoms with Crippen LogP contribution in [0, 0.1) is 5.92 Å². The van der Waals surface area contributed by atoms with Crippen LogP contribution in [0.25, 0.3) is 0 Å². The van der Waals surface area contributed by atoms with E-state index >= 15 is 0 Å². The van der Waals surface area contributed by atoms with Crippen LogP contribution in [0.3, 0.4) is 0 Å². The molecular weight excluding hydrogens is 444 g/mol. The maximum Gasteiger partial charge on any atom is 0.258 e. The molecule has 0 saturated carbocycles. The second-order valence-electron chi connectivity index (χ2n) is 8.47. The molecule has 33 heavy (non-hydrogen) atoms. The van der Waals surface area contributed by atoms with Gasteiger partial charge >= 0.3 is 0 Å². The second kappa shape index (κ2) is 10.3. The van der Waals surface area contributed by atoms with Crippen molar-refractivity contribution < 1.29 is 18.3 Å². The van der Waals surface area contributed by atoms with E-state index in [1.54, 1.807) is 30.5 Å². The summed E-state index contributed by atoms with van der Waals surface area (Å²) >= 11 is 0. The molecule has 0 unspecified atom stereocenters. The van der Waals surface area contributed by atoms with Crippen LogP contribution in [-0.4, -0.2) is 61.4 Å². The minimum Gasteiger partial charge on any atom is -0.395 e. The van der Waals surface area contributed by atoms with Gasteiger partial charge < -0.3 is 20.6 Å². The van der Waals surface area contributed by atoms with Gasteiger partial charge in [-0.25, -0.2) is 13.4 Å². The van der Waals surface area contributed by atoms with Gasteiger partial charge in [-0.2, -0.15) is 4.98 Å². The van der Waals surface area contributed by atoms with Gasteiger partial charge in [0.25, 0.3) is 5.91 Å². The molecule has 1 aromatic heterocycles. The molecule has 1 amide bonds. The zero-order chi connectivity index (χ0) is 23.3. The van der Waals surface area contributed by atoms with Crippen LogP contribution in [0.4, 0.5) is 23.1 Å². The Hall–Kier alpha value is -2.92. The standard InChI is InChI=1S/C22H30N6O4S/c29-12-13-33(31,32)27-17-6-7-18-19(14-17)28-11-3-5-16(15-28)4-1-2-9-23-22-24-10-8-20(26-22)25-21(18)30/h6-8,10,14,16,27,29H,1-5,9,11-13,15H2,(H2,23,24,25,26,30)/t16-/m0/s1. The van der Waals surface area contributed by atoms with Gasteiger partial charge in [-0.3, -0.25) is 9.52 Å². The monoisotopic (exact) mass is 474 g/mol. The third-order valence-electron chi connectivity index (χ3n) is 5.95. The maximum atomic E-state index is 13.2. The number of benzene rings is 1. The lowest BCUT2D eigenvalue weighted by molar-refractivity contribution is 0.102. The van der Waals surface area contributed by atoms with Crippen LogP contribution in [0.2, 0.25) is 0 Å². The third-order valence-corrected chi connectivity index (χ3v) is 7.22. The van der Waals surface area contributed by atoms with E-state index in [1.165, 1.54) is 0 Å². The summed E-state index contributed by atoms with van der Waals surface area (Å²) in [5.41, 5.74) is 1.50. The van der Waals surface area contributed by atoms with Crippen LogP contribution in [0.5, 0.6) is 0 Å². The number of carbonyl (C=O) groups is 1. The van der Waals surface area contributed by atoms with Crippen molar-refractivity contribution in [1.82, 2.24) is 9.97 Å². The van der Waals surface area contributed by atoms with E-state index in [2.05, 4.69) is 30.2 Å². The molecule has 178 valence electrons. The number of nitrogens with one attached hydrogen (secondary N) is 3. The average Bonchev–Trinajstić information content (AvgIpc) is 2.78. The molecule has 1 saturated heterocycles. The molecule has 11 heteroatoms. The van der Waals surface area contributed by atoms with Gasteiger partial charge in [-0.05, 0) is 55.9 Å². The summed E-state index contributed by atoms with van der Waals surface area (Å²) in [5, 5.41) is 15.1. The normalized spacial score (nSPS) is 19.4. The predicted octanol–water partition coefficient (Wildman–Crippen LogP) is 2.28. The van der Waals surface area contributed by atoms with Gasteiger partial charge in [-0.1, -0.05) is 6.42 Å². The predicted molar refractivity (Wildman–Crippen MR) is 128 cm³/mol. The Morgan fingerprint density at radius 1 is 1.18 bits per heavy atom. The van der Waals surface area contributed by atoms with Gasteiger partial charge in [0.15, 0.2) is 0 Å². The summed E-state index contributed by atoms with van der Waals surface area (Å²) in [5.74, 6) is 0.658. The Bertz CT molecular complexity index is 1090. The van der Waals surface area contributed by atoms with Gasteiger partial charge in [0.05, 0.1) is 29.3 Å². The number of sulfonamides is 1. The molecule has 4 bridgehead atoms. The summed E-state index contributed by atoms with van der Waals surface area (Å²) in [7, 11) is -3.68. The average molecular weight is 475 g/mol. The Labute approximate surface area is 193 Å². The van der Waals surface area contributed by atoms with Gasteiger partial charge in [-0.15, -0.1) is 0 Å². The highest BCUT2D eigenvalue weighted by Crippen LogP contribution is 2.32. The molecule has 1 atom stereocenters. The lowest BCUT2D eigenvalue weighted by Crippen LogP contribution is -2.36. The molecular formula is C22H30N6O4S. The van der Waals surface area contributed by atoms with Gasteiger partial charge in [0, 0.05) is 25.8 Å². The molecule has 4 N–H and O–H groups in total. The number of aromatic nitrogens is 2. The van der Waals surface area contributed by atoms with E-state index in [-0.39, 0.29) is 11.7 Å². The fourth-order valence-electron chi connectivity index (χ4n) is 4.37. The number of piperidine rings is 1. The lowest BCUT2D eigenvalue weighted by Gasteiger charge is -2.35. The summed E-state index contributed by atoms with van der Waals surface area (Å²) < 4.78 is 26.8. The summed E-state index contributed by atoms with van der Waals surface area (Å²) in [6.45, 7) is 1.91. The van der Waals surface area contributed by atoms with Gasteiger partial charge in [0.2, 0.25) is 16.0 Å². The van der Waals surface area contributed by atoms with Crippen molar-refractivity contribution in [3.8, 4) is 0 Å². The Morgan fingerprint density at radius 2 is 2.03 bits per heavy atom. The minimum absolute atomic E-state index is 0.323. The van der Waals surface area contributed by atoms with E-state index in [0.29, 0.717) is 34.6 Å². The van der Waals surface area contributed by atoms with Crippen molar-refractivity contribution in [3.63, 3.8) is 0 Å². The van der Waals surface area contributed by atoms with Crippen LogP contribution >= 0.6 is 0 Å². The first-order chi connectivity index (χ1) is 15.9. The number of nitrogens with zero attached hydrogens (tertiary/aromatic N) is 3. The molecule has 3 heterocycles. The first kappa shape index (κ1) is 23.2. The molecule has 1 aromatic carbocycles. The van der Waals surface area contributed by atoms with Crippen LogP contribution in [0.1, 0.15) is 42.5 Å². The molecule has 0 aliphatic carbocycles. The van der Waals surface area contributed by atoms with E-state index in [1.807, 2.05) is 0 Å². The highest BCUT2D eigenvalue weighted by molar-refractivity contribution is 7.92. The van der Waals surface area contributed by atoms with E-state index < -0.39 is 16.6 Å². The molecule has 2 aliphatic rings. The summed E-state index contributed by atoms with van der Waals surface area (Å²) in [6.07, 6.45) is 6.91. The zero-order valence-corrected chi connectivity index (χ0v) is 19.3. The molecule has 4 rings (SSSR count). The van der Waals surface area contributed by atoms with Crippen LogP contribution in [0.15, 0.2) is 30.5 Å². The number of hydrogen-bond acceptors (Lipinski definition) is 8. The van der Waals surface area contributed by atoms with Crippen molar-refractivity contribution >= 4 is 39.1 Å². The van der Waals surface area contributed by atoms with Crippen molar-refractivity contribution in [1.29, 1.82) is 0 Å². The number of aliphatic hydroxyl groups excluding tert-OH is 1. The van der Waals surface area contributed by atoms with E-state index in [4.69, 9.17) is 5.11 Å². The number of amides is 1. The highest BCUT2D eigenvalue weighted by Gasteiger charge is 2.25. The SMILES string of the molecule is O=C1Nc2ccnc(n2)NCCCC[C@H]2CCCN(C2)c2cc(NS(=O)(=O)CCO)ccc21. The zero-order valence-electron chi connectivity index (χ0n) is 18.5. The smallest absolute Gasteiger partial charge is 0.258 e. The fourth-order valence-corrected chi connectivity index (χ4v) is 5.20. The quantitative estimate of drug-likeness (QED) is 0.530. The number of carbonyl (C=O) groups excluding carboxylic acids is 1. The number of hydrogen-bond donors (Lipinski definition) is 4. The molecule has 0 radical (unpaired) electrons. The number of anilines is 4. The highest BCUT2D eigenvalue weighted by atomic mass is 32.2. The lowest BCUT2D eigenvalue weighted by atomic mass is 9.92. The third kappa shape index (κ3) is 6.11. The number of fused-ring (bicyclic) bond motifs is 6. The fraction of sp³-hybridized carbons (Fsp3) is 0.500. The van der Waals surface area contributed by atoms with Crippen molar-refractivity contribution in [2.75, 3.05) is 52.2 Å². The van der Waals surface area contributed by atoms with E-state index in [0.717, 1.165) is 51.7 Å². The van der Waals surface area contributed by atoms with Crippen molar-refractivity contribution in [2.24, 2.45) is 5.92 Å². The summed E-state index contributed by atoms with van der Waals surface area (Å²) in [4.78, 5) is 24.0. The Morgan fingerprint density at radius 3 is 2.88 bits per heavy atom. The molecule has 2 aliphatic heterocycles. The molecule has 0 spiro atoms. The maximum absolute atomic E-state index is 13.2. The largest absolute Gasteiger partial charge is 0.395 e. The Balaban J connectivity index is 1.70. The second-order valence-corrected chi connectivity index (χ2v) is 10.3.